The van der Waals surface area contributed by atoms with Gasteiger partial charge in [0, 0.05) is 31.7 Å². The molecule has 2 aliphatic heterocycles. The lowest BCUT2D eigenvalue weighted by atomic mass is 9.94. The molecule has 26 heavy (non-hydrogen) atoms. The van der Waals surface area contributed by atoms with Gasteiger partial charge in [0.2, 0.25) is 10.0 Å². The lowest BCUT2D eigenvalue weighted by molar-refractivity contribution is -0.384. The second kappa shape index (κ2) is 7.50. The number of nitro groups is 1. The molecule has 1 aromatic rings. The summed E-state index contributed by atoms with van der Waals surface area (Å²) >= 11 is 0. The van der Waals surface area contributed by atoms with Gasteiger partial charge in [-0.1, -0.05) is 6.92 Å². The van der Waals surface area contributed by atoms with Crippen LogP contribution in [0.15, 0.2) is 23.1 Å². The van der Waals surface area contributed by atoms with Gasteiger partial charge in [-0.25, -0.2) is 8.42 Å². The molecule has 8 nitrogen and oxygen atoms in total. The predicted octanol–water partition coefficient (Wildman–Crippen LogP) is 2.24. The number of morpholine rings is 1. The summed E-state index contributed by atoms with van der Waals surface area (Å²) in [5, 5.41) is 11.7. The van der Waals surface area contributed by atoms with Gasteiger partial charge < -0.3 is 9.64 Å². The molecule has 9 heteroatoms. The largest absolute Gasteiger partial charge is 0.379 e. The minimum Gasteiger partial charge on any atom is -0.379 e. The number of benzene rings is 1. The number of nitrogens with zero attached hydrogens (tertiary/aromatic N) is 3. The molecule has 2 unspecified atom stereocenters. The van der Waals surface area contributed by atoms with E-state index in [0.29, 0.717) is 24.8 Å². The molecule has 1 aromatic carbocycles. The minimum atomic E-state index is -3.76. The van der Waals surface area contributed by atoms with Crippen molar-refractivity contribution in [1.29, 1.82) is 0 Å². The first-order valence-corrected chi connectivity index (χ1v) is 10.4. The van der Waals surface area contributed by atoms with Gasteiger partial charge in [-0.2, -0.15) is 4.31 Å². The third kappa shape index (κ3) is 3.70. The standard InChI is InChI=1S/C17H25N3O5S/c1-13-3-4-14(2)19(12-13)16-6-5-15(11-17(16)20(21)22)26(23,24)18-7-9-25-10-8-18/h5-6,11,13-14H,3-4,7-10,12H2,1-2H3. The molecule has 2 heterocycles. The van der Waals surface area contributed by atoms with Gasteiger partial charge >= 0.3 is 0 Å². The van der Waals surface area contributed by atoms with Crippen LogP contribution in [0.25, 0.3) is 0 Å². The molecule has 0 spiro atoms. The zero-order valence-electron chi connectivity index (χ0n) is 15.1. The Morgan fingerprint density at radius 3 is 2.54 bits per heavy atom. The maximum Gasteiger partial charge on any atom is 0.293 e. The van der Waals surface area contributed by atoms with Crippen LogP contribution in [0.5, 0.6) is 0 Å². The number of sulfonamides is 1. The molecule has 2 fully saturated rings. The van der Waals surface area contributed by atoms with Crippen LogP contribution < -0.4 is 4.90 Å². The summed E-state index contributed by atoms with van der Waals surface area (Å²) in [4.78, 5) is 13.2. The van der Waals surface area contributed by atoms with Gasteiger partial charge in [-0.05, 0) is 37.8 Å². The fourth-order valence-corrected chi connectivity index (χ4v) is 5.04. The van der Waals surface area contributed by atoms with Crippen molar-refractivity contribution in [2.75, 3.05) is 37.7 Å². The Hall–Kier alpha value is -1.71. The van der Waals surface area contributed by atoms with Crippen LogP contribution in [0.4, 0.5) is 11.4 Å². The Morgan fingerprint density at radius 2 is 1.88 bits per heavy atom. The first-order valence-electron chi connectivity index (χ1n) is 8.93. The van der Waals surface area contributed by atoms with E-state index in [9.17, 15) is 18.5 Å². The van der Waals surface area contributed by atoms with Crippen molar-refractivity contribution in [2.24, 2.45) is 5.92 Å². The molecular weight excluding hydrogens is 358 g/mol. The Kier molecular flexibility index (Phi) is 5.50. The molecule has 2 saturated heterocycles. The zero-order valence-corrected chi connectivity index (χ0v) is 15.9. The van der Waals surface area contributed by atoms with E-state index in [4.69, 9.17) is 4.74 Å². The van der Waals surface area contributed by atoms with E-state index in [0.717, 1.165) is 19.4 Å². The first kappa shape index (κ1) is 19.1. The average Bonchev–Trinajstić information content (AvgIpc) is 2.64. The number of nitro benzene ring substituents is 1. The molecule has 0 saturated carbocycles. The van der Waals surface area contributed by atoms with Crippen molar-refractivity contribution in [2.45, 2.75) is 37.6 Å². The van der Waals surface area contributed by atoms with Crippen molar-refractivity contribution >= 4 is 21.4 Å². The third-order valence-corrected chi connectivity index (χ3v) is 7.07. The van der Waals surface area contributed by atoms with Crippen LogP contribution in [-0.2, 0) is 14.8 Å². The summed E-state index contributed by atoms with van der Waals surface area (Å²) in [6.45, 7) is 6.11. The van der Waals surface area contributed by atoms with Crippen molar-refractivity contribution < 1.29 is 18.1 Å². The normalized spacial score (nSPS) is 25.2. The highest BCUT2D eigenvalue weighted by molar-refractivity contribution is 7.89. The van der Waals surface area contributed by atoms with E-state index in [2.05, 4.69) is 6.92 Å². The summed E-state index contributed by atoms with van der Waals surface area (Å²) in [7, 11) is -3.76. The monoisotopic (exact) mass is 383 g/mol. The highest BCUT2D eigenvalue weighted by Gasteiger charge is 2.32. The number of hydrogen-bond donors (Lipinski definition) is 0. The molecule has 144 valence electrons. The molecular formula is C17H25N3O5S. The van der Waals surface area contributed by atoms with E-state index in [-0.39, 0.29) is 29.7 Å². The molecule has 0 radical (unpaired) electrons. The maximum atomic E-state index is 12.8. The molecule has 0 amide bonds. The van der Waals surface area contributed by atoms with Crippen molar-refractivity contribution in [3.63, 3.8) is 0 Å². The molecule has 0 aliphatic carbocycles. The van der Waals surface area contributed by atoms with E-state index in [1.165, 1.54) is 16.4 Å². The smallest absolute Gasteiger partial charge is 0.293 e. The fourth-order valence-electron chi connectivity index (χ4n) is 3.61. The molecule has 2 aliphatic rings. The maximum absolute atomic E-state index is 12.8. The van der Waals surface area contributed by atoms with Gasteiger partial charge in [0.05, 0.1) is 23.0 Å². The Labute approximate surface area is 153 Å². The second-order valence-corrected chi connectivity index (χ2v) is 9.05. The third-order valence-electron chi connectivity index (χ3n) is 5.18. The Balaban J connectivity index is 1.98. The predicted molar refractivity (Wildman–Crippen MR) is 97.9 cm³/mol. The number of piperidine rings is 1. The van der Waals surface area contributed by atoms with Crippen LogP contribution in [0.2, 0.25) is 0 Å². The van der Waals surface area contributed by atoms with Crippen LogP contribution in [0.3, 0.4) is 0 Å². The van der Waals surface area contributed by atoms with Gasteiger partial charge in [-0.15, -0.1) is 0 Å². The molecule has 0 aromatic heterocycles. The van der Waals surface area contributed by atoms with Crippen molar-refractivity contribution in [3.8, 4) is 0 Å². The van der Waals surface area contributed by atoms with Gasteiger partial charge in [0.1, 0.15) is 5.69 Å². The number of ether oxygens (including phenoxy) is 1. The van der Waals surface area contributed by atoms with E-state index in [1.807, 2.05) is 11.8 Å². The summed E-state index contributed by atoms with van der Waals surface area (Å²) < 4.78 is 32.1. The highest BCUT2D eigenvalue weighted by Crippen LogP contribution is 2.36. The molecule has 3 rings (SSSR count). The van der Waals surface area contributed by atoms with Crippen LogP contribution in [0.1, 0.15) is 26.7 Å². The van der Waals surface area contributed by atoms with Crippen molar-refractivity contribution in [3.05, 3.63) is 28.3 Å². The Bertz CT molecular complexity index is 777. The first-order chi connectivity index (χ1) is 12.3. The summed E-state index contributed by atoms with van der Waals surface area (Å²) in [6.07, 6.45) is 2.06. The summed E-state index contributed by atoms with van der Waals surface area (Å²) in [5.74, 6) is 0.447. The van der Waals surface area contributed by atoms with E-state index >= 15 is 0 Å². The van der Waals surface area contributed by atoms with Gasteiger partial charge in [-0.3, -0.25) is 10.1 Å². The lowest BCUT2D eigenvalue weighted by Crippen LogP contribution is -2.42. The summed E-state index contributed by atoms with van der Waals surface area (Å²) in [5.41, 5.74) is 0.343. The van der Waals surface area contributed by atoms with Gasteiger partial charge in [0.25, 0.3) is 5.69 Å². The van der Waals surface area contributed by atoms with E-state index < -0.39 is 14.9 Å². The number of rotatable bonds is 4. The molecule has 2 atom stereocenters. The van der Waals surface area contributed by atoms with Crippen LogP contribution >= 0.6 is 0 Å². The summed E-state index contributed by atoms with van der Waals surface area (Å²) in [6, 6.07) is 4.46. The van der Waals surface area contributed by atoms with Crippen molar-refractivity contribution in [1.82, 2.24) is 4.31 Å². The van der Waals surface area contributed by atoms with Crippen LogP contribution in [-0.4, -0.2) is 56.5 Å². The van der Waals surface area contributed by atoms with E-state index in [1.54, 1.807) is 6.07 Å². The lowest BCUT2D eigenvalue weighted by Gasteiger charge is -2.38. The minimum absolute atomic E-state index is 0.0347. The second-order valence-electron chi connectivity index (χ2n) is 7.11. The average molecular weight is 383 g/mol. The van der Waals surface area contributed by atoms with Crippen LogP contribution in [0, 0.1) is 16.0 Å². The fraction of sp³-hybridized carbons (Fsp3) is 0.647. The number of anilines is 1. The Morgan fingerprint density at radius 1 is 1.19 bits per heavy atom. The topological polar surface area (TPSA) is 93.0 Å². The quantitative estimate of drug-likeness (QED) is 0.585. The number of hydrogen-bond acceptors (Lipinski definition) is 6. The molecule has 0 N–H and O–H groups in total. The zero-order chi connectivity index (χ0) is 18.9. The highest BCUT2D eigenvalue weighted by atomic mass is 32.2. The molecule has 0 bridgehead atoms. The SMILES string of the molecule is CC1CCC(C)N(c2ccc(S(=O)(=O)N3CCOCC3)cc2[N+](=O)[O-])C1. The van der Waals surface area contributed by atoms with Gasteiger partial charge in [0.15, 0.2) is 0 Å².